The van der Waals surface area contributed by atoms with E-state index >= 15 is 0 Å². The molecule has 2 aromatic carbocycles. The second kappa shape index (κ2) is 9.48. The summed E-state index contributed by atoms with van der Waals surface area (Å²) in [4.78, 5) is 11.7. The predicted molar refractivity (Wildman–Crippen MR) is 123 cm³/mol. The predicted octanol–water partition coefficient (Wildman–Crippen LogP) is 3.68. The highest BCUT2D eigenvalue weighted by Gasteiger charge is 2.26. The Hall–Kier alpha value is -2.99. The van der Waals surface area contributed by atoms with Crippen LogP contribution in [-0.2, 0) is 20.0 Å². The summed E-state index contributed by atoms with van der Waals surface area (Å²) in [6.07, 6.45) is 0. The summed E-state index contributed by atoms with van der Waals surface area (Å²) in [6, 6.07) is 12.3. The van der Waals surface area contributed by atoms with Crippen molar-refractivity contribution in [2.24, 2.45) is 0 Å². The molecule has 1 aromatic heterocycles. The number of aromatic nitrogens is 3. The molecule has 0 saturated heterocycles. The van der Waals surface area contributed by atoms with Gasteiger partial charge in [0.05, 0.1) is 10.6 Å². The number of nitrogens with two attached hydrogens (primary N) is 1. The van der Waals surface area contributed by atoms with E-state index in [1.54, 1.807) is 0 Å². The fourth-order valence-electron chi connectivity index (χ4n) is 2.85. The van der Waals surface area contributed by atoms with Crippen LogP contribution < -0.4 is 11.2 Å². The van der Waals surface area contributed by atoms with Gasteiger partial charge in [-0.3, -0.25) is 4.79 Å². The summed E-state index contributed by atoms with van der Waals surface area (Å²) >= 11 is 1.07. The van der Waals surface area contributed by atoms with Gasteiger partial charge in [0, 0.05) is 11.3 Å². The molecule has 3 rings (SSSR count). The van der Waals surface area contributed by atoms with Crippen LogP contribution in [0.5, 0.6) is 0 Å². The lowest BCUT2D eigenvalue weighted by molar-refractivity contribution is -0.113. The highest BCUT2D eigenvalue weighted by molar-refractivity contribution is 7.99. The van der Waals surface area contributed by atoms with Crippen molar-refractivity contribution in [3.05, 3.63) is 54.1 Å². The number of carbonyl (C=O) groups excluding carboxylic acids is 1. The summed E-state index contributed by atoms with van der Waals surface area (Å²) in [7, 11) is -4.69. The zero-order chi connectivity index (χ0) is 24.4. The lowest BCUT2D eigenvalue weighted by atomic mass is 9.87. The van der Waals surface area contributed by atoms with Crippen LogP contribution in [0, 0.1) is 0 Å². The third-order valence-electron chi connectivity index (χ3n) is 4.71. The van der Waals surface area contributed by atoms with E-state index in [0.717, 1.165) is 29.5 Å². The molecule has 3 N–H and O–H groups in total. The average molecular weight is 496 g/mol. The Balaban J connectivity index is 1.62. The molecule has 0 aliphatic rings. The number of carbonyl (C=O) groups is 1. The fraction of sp³-hybridized carbons (Fsp3) is 0.286. The number of rotatable bonds is 7. The van der Waals surface area contributed by atoms with Crippen molar-refractivity contribution in [2.75, 3.05) is 16.9 Å². The van der Waals surface area contributed by atoms with Crippen molar-refractivity contribution < 1.29 is 22.0 Å². The third-order valence-corrected chi connectivity index (χ3v) is 7.05. The monoisotopic (exact) mass is 495 g/mol. The number of anilines is 1. The number of thioether (sulfide) groups is 1. The summed E-state index contributed by atoms with van der Waals surface area (Å²) in [5.41, 5.74) is 2.23. The molecule has 1 amide bonds. The maximum absolute atomic E-state index is 12.6. The summed E-state index contributed by atoms with van der Waals surface area (Å²) in [5, 5.41) is 11.0. The summed E-state index contributed by atoms with van der Waals surface area (Å²) < 4.78 is 49.4. The van der Waals surface area contributed by atoms with Crippen LogP contribution in [-0.4, -0.2) is 40.7 Å². The Morgan fingerprint density at radius 3 is 2.24 bits per heavy atom. The third kappa shape index (κ3) is 5.69. The van der Waals surface area contributed by atoms with Gasteiger partial charge in [0.15, 0.2) is 5.82 Å². The molecular formula is C21H23F2N5O3S2. The first-order chi connectivity index (χ1) is 15.4. The number of alkyl halides is 2. The van der Waals surface area contributed by atoms with Crippen molar-refractivity contribution in [3.63, 3.8) is 0 Å². The molecule has 8 nitrogen and oxygen atoms in total. The van der Waals surface area contributed by atoms with Crippen LogP contribution in [0.2, 0.25) is 0 Å². The highest BCUT2D eigenvalue weighted by Crippen LogP contribution is 2.27. The molecule has 1 heterocycles. The standard InChI is InChI=1S/C21H23F2N5O3S2/c1-21(2,3)14-6-4-13(5-7-14)18-26-27-20(28(18)24)32-12-17(29)25-15-8-10-16(11-9-15)33(30,31)19(22)23/h4-11,19H,12,24H2,1-3H3,(H,25,29). The minimum absolute atomic E-state index is 0.0147. The number of hydrogen-bond donors (Lipinski definition) is 2. The fourth-order valence-corrected chi connectivity index (χ4v) is 4.23. The molecule has 12 heteroatoms. The first-order valence-corrected chi connectivity index (χ1v) is 12.3. The van der Waals surface area contributed by atoms with E-state index < -0.39 is 26.4 Å². The zero-order valence-corrected chi connectivity index (χ0v) is 19.8. The second-order valence-corrected chi connectivity index (χ2v) is 11.0. The van der Waals surface area contributed by atoms with Crippen molar-refractivity contribution >= 4 is 33.2 Å². The SMILES string of the molecule is CC(C)(C)c1ccc(-c2nnc(SCC(=O)Nc3ccc(S(=O)(=O)C(F)F)cc3)n2N)cc1. The first kappa shape index (κ1) is 24.6. The molecule has 0 aliphatic heterocycles. The lowest BCUT2D eigenvalue weighted by Crippen LogP contribution is -2.17. The normalized spacial score (nSPS) is 12.2. The van der Waals surface area contributed by atoms with E-state index in [0.29, 0.717) is 11.0 Å². The second-order valence-electron chi connectivity index (χ2n) is 8.17. The van der Waals surface area contributed by atoms with Gasteiger partial charge in [0.1, 0.15) is 0 Å². The van der Waals surface area contributed by atoms with Gasteiger partial charge >= 0.3 is 5.76 Å². The highest BCUT2D eigenvalue weighted by atomic mass is 32.2. The molecule has 0 spiro atoms. The van der Waals surface area contributed by atoms with Gasteiger partial charge in [-0.15, -0.1) is 10.2 Å². The molecule has 33 heavy (non-hydrogen) atoms. The van der Waals surface area contributed by atoms with E-state index in [1.807, 2.05) is 24.3 Å². The molecule has 0 bridgehead atoms. The topological polar surface area (TPSA) is 120 Å². The van der Waals surface area contributed by atoms with Gasteiger partial charge in [-0.05, 0) is 35.2 Å². The number of nitrogens with zero attached hydrogens (tertiary/aromatic N) is 3. The zero-order valence-electron chi connectivity index (χ0n) is 18.1. The molecular weight excluding hydrogens is 472 g/mol. The Kier molecular flexibility index (Phi) is 7.08. The number of sulfone groups is 1. The number of amides is 1. The number of nitrogens with one attached hydrogen (secondary N) is 1. The summed E-state index contributed by atoms with van der Waals surface area (Å²) in [6.45, 7) is 6.35. The Morgan fingerprint density at radius 2 is 1.70 bits per heavy atom. The van der Waals surface area contributed by atoms with E-state index in [9.17, 15) is 22.0 Å². The molecule has 0 aliphatic carbocycles. The van der Waals surface area contributed by atoms with Crippen molar-refractivity contribution in [2.45, 2.75) is 42.0 Å². The van der Waals surface area contributed by atoms with Gasteiger partial charge in [0.25, 0.3) is 0 Å². The van der Waals surface area contributed by atoms with Crippen LogP contribution in [0.25, 0.3) is 11.4 Å². The van der Waals surface area contributed by atoms with Crippen LogP contribution in [0.4, 0.5) is 14.5 Å². The number of benzene rings is 2. The van der Waals surface area contributed by atoms with Crippen LogP contribution >= 0.6 is 11.8 Å². The number of nitrogen functional groups attached to an aromatic ring is 1. The van der Waals surface area contributed by atoms with Crippen molar-refractivity contribution in [1.82, 2.24) is 14.9 Å². The van der Waals surface area contributed by atoms with Crippen LogP contribution in [0.15, 0.2) is 58.6 Å². The molecule has 0 saturated carbocycles. The lowest BCUT2D eigenvalue weighted by Gasteiger charge is -2.19. The van der Waals surface area contributed by atoms with Gasteiger partial charge in [-0.25, -0.2) is 13.1 Å². The molecule has 0 radical (unpaired) electrons. The van der Waals surface area contributed by atoms with Crippen molar-refractivity contribution in [3.8, 4) is 11.4 Å². The Bertz CT molecular complexity index is 1240. The van der Waals surface area contributed by atoms with E-state index in [2.05, 4.69) is 36.3 Å². The van der Waals surface area contributed by atoms with Crippen LogP contribution in [0.1, 0.15) is 26.3 Å². The summed E-state index contributed by atoms with van der Waals surface area (Å²) in [5.74, 6) is 2.58. The minimum Gasteiger partial charge on any atom is -0.335 e. The largest absolute Gasteiger partial charge is 0.341 e. The first-order valence-electron chi connectivity index (χ1n) is 9.76. The number of halogens is 2. The quantitative estimate of drug-likeness (QED) is 0.379. The van der Waals surface area contributed by atoms with Gasteiger partial charge in [-0.2, -0.15) is 8.78 Å². The minimum atomic E-state index is -4.69. The van der Waals surface area contributed by atoms with Gasteiger partial charge in [-0.1, -0.05) is 56.8 Å². The van der Waals surface area contributed by atoms with Gasteiger partial charge < -0.3 is 11.2 Å². The van der Waals surface area contributed by atoms with Crippen LogP contribution in [0.3, 0.4) is 0 Å². The smallest absolute Gasteiger partial charge is 0.335 e. The van der Waals surface area contributed by atoms with Crippen molar-refractivity contribution in [1.29, 1.82) is 0 Å². The molecule has 3 aromatic rings. The molecule has 0 atom stereocenters. The van der Waals surface area contributed by atoms with Gasteiger partial charge in [0.2, 0.25) is 20.9 Å². The maximum atomic E-state index is 12.6. The average Bonchev–Trinajstić information content (AvgIpc) is 3.12. The van der Waals surface area contributed by atoms with E-state index in [1.165, 1.54) is 22.4 Å². The van der Waals surface area contributed by atoms with E-state index in [-0.39, 0.29) is 16.9 Å². The van der Waals surface area contributed by atoms with E-state index in [4.69, 9.17) is 5.84 Å². The molecule has 176 valence electrons. The Morgan fingerprint density at radius 1 is 1.09 bits per heavy atom. The molecule has 0 fully saturated rings. The Labute approximate surface area is 194 Å². The molecule has 0 unspecified atom stereocenters. The maximum Gasteiger partial charge on any atom is 0.341 e. The number of hydrogen-bond acceptors (Lipinski definition) is 7.